The number of nitrogens with zero attached hydrogens (tertiary/aromatic N) is 3. The van der Waals surface area contributed by atoms with E-state index in [2.05, 4.69) is 15.3 Å². The SMILES string of the molecule is Cc1ccc(-n2cncc2C2CNCCO2)cn1. The van der Waals surface area contributed by atoms with E-state index in [1.54, 1.807) is 6.33 Å². The molecule has 2 aromatic rings. The van der Waals surface area contributed by atoms with Crippen LogP contribution in [0, 0.1) is 6.92 Å². The predicted octanol–water partition coefficient (Wildman–Crippen LogP) is 1.24. The van der Waals surface area contributed by atoms with Gasteiger partial charge in [0.25, 0.3) is 0 Å². The number of hydrogen-bond donors (Lipinski definition) is 1. The smallest absolute Gasteiger partial charge is 0.112 e. The summed E-state index contributed by atoms with van der Waals surface area (Å²) < 4.78 is 7.80. The Morgan fingerprint density at radius 3 is 3.06 bits per heavy atom. The second kappa shape index (κ2) is 4.88. The van der Waals surface area contributed by atoms with Crippen LogP contribution >= 0.6 is 0 Å². The molecule has 1 saturated heterocycles. The molecule has 0 saturated carbocycles. The molecule has 5 nitrogen and oxygen atoms in total. The molecule has 0 aliphatic carbocycles. The summed E-state index contributed by atoms with van der Waals surface area (Å²) in [7, 11) is 0. The Morgan fingerprint density at radius 1 is 1.39 bits per heavy atom. The number of aryl methyl sites for hydroxylation is 1. The molecule has 1 aliphatic rings. The molecule has 1 aliphatic heterocycles. The Kier molecular flexibility index (Phi) is 3.08. The summed E-state index contributed by atoms with van der Waals surface area (Å²) in [5.41, 5.74) is 3.09. The average Bonchev–Trinajstić information content (AvgIpc) is 2.90. The number of hydrogen-bond acceptors (Lipinski definition) is 4. The van der Waals surface area contributed by atoms with E-state index < -0.39 is 0 Å². The normalized spacial score (nSPS) is 19.9. The summed E-state index contributed by atoms with van der Waals surface area (Å²) in [6, 6.07) is 4.04. The number of imidazole rings is 1. The molecule has 0 spiro atoms. The van der Waals surface area contributed by atoms with Crippen LogP contribution in [0.25, 0.3) is 5.69 Å². The second-order valence-corrected chi connectivity index (χ2v) is 4.41. The molecule has 0 aromatic carbocycles. The zero-order chi connectivity index (χ0) is 12.4. The van der Waals surface area contributed by atoms with E-state index in [-0.39, 0.29) is 6.10 Å². The fourth-order valence-corrected chi connectivity index (χ4v) is 2.12. The molecule has 1 unspecified atom stereocenters. The van der Waals surface area contributed by atoms with Crippen molar-refractivity contribution in [2.45, 2.75) is 13.0 Å². The van der Waals surface area contributed by atoms with Gasteiger partial charge in [-0.05, 0) is 19.1 Å². The molecule has 0 amide bonds. The third-order valence-electron chi connectivity index (χ3n) is 3.10. The lowest BCUT2D eigenvalue weighted by molar-refractivity contribution is 0.0240. The van der Waals surface area contributed by atoms with Crippen LogP contribution in [0.15, 0.2) is 30.9 Å². The number of morpholine rings is 1. The highest BCUT2D eigenvalue weighted by Crippen LogP contribution is 2.21. The molecule has 0 radical (unpaired) electrons. The van der Waals surface area contributed by atoms with Gasteiger partial charge in [0.15, 0.2) is 0 Å². The minimum absolute atomic E-state index is 0.0579. The van der Waals surface area contributed by atoms with Crippen LogP contribution in [0.1, 0.15) is 17.5 Å². The van der Waals surface area contributed by atoms with E-state index in [9.17, 15) is 0 Å². The molecule has 2 aromatic heterocycles. The summed E-state index contributed by atoms with van der Waals surface area (Å²) in [4.78, 5) is 8.54. The first-order valence-corrected chi connectivity index (χ1v) is 6.12. The van der Waals surface area contributed by atoms with Crippen LogP contribution in [-0.4, -0.2) is 34.2 Å². The monoisotopic (exact) mass is 244 g/mol. The van der Waals surface area contributed by atoms with Gasteiger partial charge in [-0.25, -0.2) is 4.98 Å². The van der Waals surface area contributed by atoms with Crippen LogP contribution in [0.5, 0.6) is 0 Å². The third kappa shape index (κ3) is 2.14. The largest absolute Gasteiger partial charge is 0.369 e. The Hall–Kier alpha value is -1.72. The van der Waals surface area contributed by atoms with Crippen molar-refractivity contribution < 1.29 is 4.74 Å². The van der Waals surface area contributed by atoms with Crippen LogP contribution in [0.4, 0.5) is 0 Å². The maximum atomic E-state index is 5.76. The van der Waals surface area contributed by atoms with Gasteiger partial charge in [0.2, 0.25) is 0 Å². The van der Waals surface area contributed by atoms with E-state index in [0.717, 1.165) is 36.8 Å². The summed E-state index contributed by atoms with van der Waals surface area (Å²) >= 11 is 0. The van der Waals surface area contributed by atoms with Gasteiger partial charge in [0, 0.05) is 18.8 Å². The third-order valence-corrected chi connectivity index (χ3v) is 3.10. The average molecular weight is 244 g/mol. The van der Waals surface area contributed by atoms with Crippen LogP contribution in [-0.2, 0) is 4.74 Å². The first kappa shape index (κ1) is 11.4. The van der Waals surface area contributed by atoms with E-state index in [4.69, 9.17) is 4.74 Å². The first-order valence-electron chi connectivity index (χ1n) is 6.12. The van der Waals surface area contributed by atoms with Gasteiger partial charge >= 0.3 is 0 Å². The lowest BCUT2D eigenvalue weighted by atomic mass is 10.2. The van der Waals surface area contributed by atoms with Gasteiger partial charge in [0.1, 0.15) is 6.10 Å². The minimum Gasteiger partial charge on any atom is -0.369 e. The molecule has 94 valence electrons. The number of ether oxygens (including phenoxy) is 1. The van der Waals surface area contributed by atoms with Crippen LogP contribution < -0.4 is 5.32 Å². The summed E-state index contributed by atoms with van der Waals surface area (Å²) in [6.45, 7) is 4.45. The first-order chi connectivity index (χ1) is 8.84. The summed E-state index contributed by atoms with van der Waals surface area (Å²) in [5.74, 6) is 0. The molecule has 1 N–H and O–H groups in total. The van der Waals surface area contributed by atoms with Gasteiger partial charge in [-0.2, -0.15) is 0 Å². The lowest BCUT2D eigenvalue weighted by Gasteiger charge is -2.24. The molecular formula is C13H16N4O. The molecule has 0 bridgehead atoms. The highest BCUT2D eigenvalue weighted by molar-refractivity contribution is 5.32. The van der Waals surface area contributed by atoms with Gasteiger partial charge in [-0.3, -0.25) is 9.55 Å². The van der Waals surface area contributed by atoms with E-state index in [1.165, 1.54) is 0 Å². The van der Waals surface area contributed by atoms with Crippen molar-refractivity contribution in [3.05, 3.63) is 42.2 Å². The molecule has 1 fully saturated rings. The molecule has 3 heterocycles. The molecule has 18 heavy (non-hydrogen) atoms. The van der Waals surface area contributed by atoms with Gasteiger partial charge in [-0.15, -0.1) is 0 Å². The Labute approximate surface area is 106 Å². The van der Waals surface area contributed by atoms with Gasteiger partial charge in [-0.1, -0.05) is 0 Å². The topological polar surface area (TPSA) is 52.0 Å². The van der Waals surface area contributed by atoms with Crippen molar-refractivity contribution in [2.75, 3.05) is 19.7 Å². The number of aromatic nitrogens is 3. The molecule has 3 rings (SSSR count). The van der Waals surface area contributed by atoms with Crippen LogP contribution in [0.3, 0.4) is 0 Å². The van der Waals surface area contributed by atoms with Crippen molar-refractivity contribution in [3.8, 4) is 5.69 Å². The van der Waals surface area contributed by atoms with Crippen molar-refractivity contribution in [1.29, 1.82) is 0 Å². The van der Waals surface area contributed by atoms with Crippen molar-refractivity contribution >= 4 is 0 Å². The highest BCUT2D eigenvalue weighted by atomic mass is 16.5. The lowest BCUT2D eigenvalue weighted by Crippen LogP contribution is -2.34. The Bertz CT molecular complexity index is 514. The van der Waals surface area contributed by atoms with Crippen molar-refractivity contribution in [3.63, 3.8) is 0 Å². The Morgan fingerprint density at radius 2 is 2.33 bits per heavy atom. The maximum absolute atomic E-state index is 5.76. The number of rotatable bonds is 2. The standard InChI is InChI=1S/C13H16N4O/c1-10-2-3-11(6-16-10)17-9-15-7-12(17)13-8-14-4-5-18-13/h2-3,6-7,9,13-14H,4-5,8H2,1H3. The van der Waals surface area contributed by atoms with Crippen LogP contribution in [0.2, 0.25) is 0 Å². The molecule has 5 heteroatoms. The fraction of sp³-hybridized carbons (Fsp3) is 0.385. The maximum Gasteiger partial charge on any atom is 0.112 e. The van der Waals surface area contributed by atoms with E-state index in [1.807, 2.05) is 36.0 Å². The molecular weight excluding hydrogens is 228 g/mol. The van der Waals surface area contributed by atoms with E-state index in [0.29, 0.717) is 0 Å². The quantitative estimate of drug-likeness (QED) is 0.863. The highest BCUT2D eigenvalue weighted by Gasteiger charge is 2.20. The van der Waals surface area contributed by atoms with Crippen molar-refractivity contribution in [2.24, 2.45) is 0 Å². The van der Waals surface area contributed by atoms with Gasteiger partial charge < -0.3 is 10.1 Å². The molecule has 1 atom stereocenters. The van der Waals surface area contributed by atoms with Gasteiger partial charge in [0.05, 0.1) is 36.7 Å². The Balaban J connectivity index is 1.93. The second-order valence-electron chi connectivity index (χ2n) is 4.41. The zero-order valence-electron chi connectivity index (χ0n) is 10.3. The minimum atomic E-state index is 0.0579. The zero-order valence-corrected chi connectivity index (χ0v) is 10.3. The fourth-order valence-electron chi connectivity index (χ4n) is 2.12. The number of pyridine rings is 1. The number of nitrogens with one attached hydrogen (secondary N) is 1. The van der Waals surface area contributed by atoms with E-state index >= 15 is 0 Å². The summed E-state index contributed by atoms with van der Waals surface area (Å²) in [6.07, 6.45) is 5.58. The van der Waals surface area contributed by atoms with Crippen molar-refractivity contribution in [1.82, 2.24) is 19.9 Å². The summed E-state index contributed by atoms with van der Waals surface area (Å²) in [5, 5.41) is 3.33. The predicted molar refractivity (Wildman–Crippen MR) is 67.7 cm³/mol.